The molecule has 0 radical (unpaired) electrons. The van der Waals surface area contributed by atoms with Crippen LogP contribution in [-0.2, 0) is 15.9 Å². The van der Waals surface area contributed by atoms with E-state index >= 15 is 0 Å². The van der Waals surface area contributed by atoms with E-state index in [0.717, 1.165) is 5.56 Å². The first-order valence-electron chi connectivity index (χ1n) is 8.92. The molecular formula is C19H32N2O5. The van der Waals surface area contributed by atoms with E-state index in [9.17, 15) is 9.90 Å². The topological polar surface area (TPSA) is 100 Å². The molecule has 7 heteroatoms. The molecule has 0 saturated heterocycles. The predicted octanol–water partition coefficient (Wildman–Crippen LogP) is 1.08. The second-order valence-electron chi connectivity index (χ2n) is 7.05. The highest BCUT2D eigenvalue weighted by Crippen LogP contribution is 2.10. The number of rotatable bonds is 11. The van der Waals surface area contributed by atoms with Crippen LogP contribution >= 0.6 is 0 Å². The van der Waals surface area contributed by atoms with Gasteiger partial charge in [-0.25, -0.2) is 4.79 Å². The molecule has 148 valence electrons. The minimum absolute atomic E-state index is 0.0123. The maximum atomic E-state index is 12.1. The molecule has 1 rings (SSSR count). The lowest BCUT2D eigenvalue weighted by atomic mass is 10.0. The Morgan fingerprint density at radius 1 is 1.19 bits per heavy atom. The van der Waals surface area contributed by atoms with Crippen LogP contribution in [0.3, 0.4) is 0 Å². The Morgan fingerprint density at radius 2 is 1.88 bits per heavy atom. The fraction of sp³-hybridized carbons (Fsp3) is 0.632. The van der Waals surface area contributed by atoms with Crippen LogP contribution < -0.4 is 10.6 Å². The Kier molecular flexibility index (Phi) is 10.2. The van der Waals surface area contributed by atoms with E-state index in [0.29, 0.717) is 32.7 Å². The highest BCUT2D eigenvalue weighted by Gasteiger charge is 2.24. The second kappa shape index (κ2) is 11.9. The zero-order valence-corrected chi connectivity index (χ0v) is 15.9. The van der Waals surface area contributed by atoms with Gasteiger partial charge in [-0.05, 0) is 32.8 Å². The quantitative estimate of drug-likeness (QED) is 0.436. The molecule has 4 N–H and O–H groups in total. The Hall–Kier alpha value is -1.67. The van der Waals surface area contributed by atoms with Crippen molar-refractivity contribution in [1.82, 2.24) is 10.6 Å². The standard InChI is InChI=1S/C19H32N2O5/c1-19(2,3)26-18(24)21-16(13-15-7-5-4-6-8-15)17(23)14-20-9-11-25-12-10-22/h4-8,16-17,20,22-23H,9-14H2,1-3H3,(H,21,24)/t16-,17+/m0/s1. The number of hydrogen-bond acceptors (Lipinski definition) is 6. The number of aliphatic hydroxyl groups excluding tert-OH is 2. The highest BCUT2D eigenvalue weighted by molar-refractivity contribution is 5.68. The molecular weight excluding hydrogens is 336 g/mol. The summed E-state index contributed by atoms with van der Waals surface area (Å²) >= 11 is 0. The number of hydrogen-bond donors (Lipinski definition) is 4. The first-order valence-corrected chi connectivity index (χ1v) is 8.92. The van der Waals surface area contributed by atoms with Crippen molar-refractivity contribution < 1.29 is 24.5 Å². The van der Waals surface area contributed by atoms with Crippen molar-refractivity contribution in [2.24, 2.45) is 0 Å². The summed E-state index contributed by atoms with van der Waals surface area (Å²) in [5, 5.41) is 25.0. The van der Waals surface area contributed by atoms with Gasteiger partial charge in [-0.1, -0.05) is 30.3 Å². The number of alkyl carbamates (subject to hydrolysis) is 1. The van der Waals surface area contributed by atoms with Gasteiger partial charge in [-0.3, -0.25) is 0 Å². The summed E-state index contributed by atoms with van der Waals surface area (Å²) < 4.78 is 10.5. The molecule has 2 atom stereocenters. The third-order valence-corrected chi connectivity index (χ3v) is 3.48. The zero-order valence-electron chi connectivity index (χ0n) is 15.9. The maximum absolute atomic E-state index is 12.1. The molecule has 0 saturated carbocycles. The fourth-order valence-corrected chi connectivity index (χ4v) is 2.31. The number of ether oxygens (including phenoxy) is 2. The number of amides is 1. The Balaban J connectivity index is 2.57. The summed E-state index contributed by atoms with van der Waals surface area (Å²) in [4.78, 5) is 12.1. The van der Waals surface area contributed by atoms with Crippen molar-refractivity contribution in [3.05, 3.63) is 35.9 Å². The molecule has 0 spiro atoms. The zero-order chi connectivity index (χ0) is 19.4. The van der Waals surface area contributed by atoms with E-state index < -0.39 is 23.8 Å². The minimum atomic E-state index is -0.791. The van der Waals surface area contributed by atoms with Gasteiger partial charge < -0.3 is 30.3 Å². The summed E-state index contributed by atoms with van der Waals surface area (Å²) in [5.41, 5.74) is 0.410. The lowest BCUT2D eigenvalue weighted by Gasteiger charge is -2.27. The van der Waals surface area contributed by atoms with Gasteiger partial charge in [0.25, 0.3) is 0 Å². The normalized spacial score (nSPS) is 13.9. The molecule has 0 aliphatic rings. The number of aliphatic hydroxyl groups is 2. The van der Waals surface area contributed by atoms with Crippen LogP contribution in [-0.4, -0.2) is 67.0 Å². The average molecular weight is 368 g/mol. The third kappa shape index (κ3) is 10.4. The van der Waals surface area contributed by atoms with Crippen molar-refractivity contribution >= 4 is 6.09 Å². The molecule has 0 heterocycles. The van der Waals surface area contributed by atoms with Gasteiger partial charge in [0.1, 0.15) is 5.60 Å². The van der Waals surface area contributed by atoms with Gasteiger partial charge in [0.2, 0.25) is 0 Å². The van der Waals surface area contributed by atoms with Crippen LogP contribution in [0.2, 0.25) is 0 Å². The predicted molar refractivity (Wildman–Crippen MR) is 100 cm³/mol. The summed E-state index contributed by atoms with van der Waals surface area (Å²) in [6.45, 7) is 6.95. The molecule has 1 aromatic carbocycles. The number of carbonyl (C=O) groups is 1. The minimum Gasteiger partial charge on any atom is -0.444 e. The Morgan fingerprint density at radius 3 is 2.50 bits per heavy atom. The summed E-state index contributed by atoms with van der Waals surface area (Å²) in [7, 11) is 0. The molecule has 0 aromatic heterocycles. The van der Waals surface area contributed by atoms with Gasteiger partial charge in [-0.2, -0.15) is 0 Å². The SMILES string of the molecule is CC(C)(C)OC(=O)N[C@@H](Cc1ccccc1)[C@H](O)CNCCOCCO. The molecule has 0 unspecified atom stereocenters. The van der Waals surface area contributed by atoms with E-state index in [4.69, 9.17) is 14.6 Å². The van der Waals surface area contributed by atoms with Crippen LogP contribution in [0, 0.1) is 0 Å². The van der Waals surface area contributed by atoms with Crippen LogP contribution in [0.4, 0.5) is 4.79 Å². The van der Waals surface area contributed by atoms with Crippen LogP contribution in [0.15, 0.2) is 30.3 Å². The molecule has 26 heavy (non-hydrogen) atoms. The third-order valence-electron chi connectivity index (χ3n) is 3.48. The van der Waals surface area contributed by atoms with E-state index in [1.165, 1.54) is 0 Å². The number of carbonyl (C=O) groups excluding carboxylic acids is 1. The van der Waals surface area contributed by atoms with Gasteiger partial charge in [0, 0.05) is 13.1 Å². The first kappa shape index (κ1) is 22.4. The van der Waals surface area contributed by atoms with Crippen molar-refractivity contribution in [3.8, 4) is 0 Å². The van der Waals surface area contributed by atoms with Gasteiger partial charge in [0.15, 0.2) is 0 Å². The number of nitrogens with one attached hydrogen (secondary N) is 2. The van der Waals surface area contributed by atoms with E-state index in [1.807, 2.05) is 30.3 Å². The van der Waals surface area contributed by atoms with Crippen molar-refractivity contribution in [2.45, 2.75) is 44.9 Å². The van der Waals surface area contributed by atoms with E-state index in [1.54, 1.807) is 20.8 Å². The average Bonchev–Trinajstić information content (AvgIpc) is 2.56. The van der Waals surface area contributed by atoms with Crippen LogP contribution in [0.5, 0.6) is 0 Å². The molecule has 7 nitrogen and oxygen atoms in total. The second-order valence-corrected chi connectivity index (χ2v) is 7.05. The summed E-state index contributed by atoms with van der Waals surface area (Å²) in [6, 6.07) is 9.17. The maximum Gasteiger partial charge on any atom is 0.407 e. The Labute approximate surface area is 155 Å². The lowest BCUT2D eigenvalue weighted by molar-refractivity contribution is 0.0418. The molecule has 0 aliphatic heterocycles. The number of benzene rings is 1. The van der Waals surface area contributed by atoms with Crippen molar-refractivity contribution in [3.63, 3.8) is 0 Å². The van der Waals surface area contributed by atoms with Crippen molar-refractivity contribution in [2.75, 3.05) is 32.9 Å². The lowest BCUT2D eigenvalue weighted by Crippen LogP contribution is -2.50. The highest BCUT2D eigenvalue weighted by atomic mass is 16.6. The molecule has 0 bridgehead atoms. The van der Waals surface area contributed by atoms with Gasteiger partial charge in [-0.15, -0.1) is 0 Å². The molecule has 1 aromatic rings. The van der Waals surface area contributed by atoms with Gasteiger partial charge >= 0.3 is 6.09 Å². The van der Waals surface area contributed by atoms with Crippen LogP contribution in [0.1, 0.15) is 26.3 Å². The smallest absolute Gasteiger partial charge is 0.407 e. The molecule has 1 amide bonds. The Bertz CT molecular complexity index is 504. The summed E-state index contributed by atoms with van der Waals surface area (Å²) in [5.74, 6) is 0. The van der Waals surface area contributed by atoms with Crippen molar-refractivity contribution in [1.29, 1.82) is 0 Å². The van der Waals surface area contributed by atoms with Crippen LogP contribution in [0.25, 0.3) is 0 Å². The summed E-state index contributed by atoms with van der Waals surface area (Å²) in [6.07, 6.45) is -0.853. The van der Waals surface area contributed by atoms with Gasteiger partial charge in [0.05, 0.1) is 32.0 Å². The largest absolute Gasteiger partial charge is 0.444 e. The van der Waals surface area contributed by atoms with E-state index in [2.05, 4.69) is 10.6 Å². The molecule has 0 aliphatic carbocycles. The first-order chi connectivity index (χ1) is 12.3. The van der Waals surface area contributed by atoms with E-state index in [-0.39, 0.29) is 6.61 Å². The fourth-order valence-electron chi connectivity index (χ4n) is 2.31. The monoisotopic (exact) mass is 368 g/mol. The molecule has 0 fully saturated rings.